The molecule has 3 N–H and O–H groups in total. The lowest BCUT2D eigenvalue weighted by atomic mass is 10.0. The number of hydrogen-bond acceptors (Lipinski definition) is 5. The van der Waals surface area contributed by atoms with Crippen molar-refractivity contribution in [2.24, 2.45) is 0 Å². The zero-order chi connectivity index (χ0) is 23.3. The number of carbonyl (C=O) groups is 2. The Morgan fingerprint density at radius 3 is 2.34 bits per heavy atom. The molecule has 1 unspecified atom stereocenters. The zero-order valence-electron chi connectivity index (χ0n) is 16.8. The quantitative estimate of drug-likeness (QED) is 0.462. The number of carbonyl (C=O) groups excluding carboxylic acids is 2. The number of sulfonamides is 1. The number of hydrogen-bond donors (Lipinski definition) is 3. The van der Waals surface area contributed by atoms with Crippen molar-refractivity contribution < 1.29 is 26.8 Å². The van der Waals surface area contributed by atoms with Crippen LogP contribution < -0.4 is 15.4 Å². The molecule has 168 valence electrons. The first-order valence-electron chi connectivity index (χ1n) is 9.31. The second-order valence-corrected chi connectivity index (χ2v) is 9.56. The highest BCUT2D eigenvalue weighted by molar-refractivity contribution is 7.94. The minimum absolute atomic E-state index is 0.0925. The Bertz CT molecular complexity index is 1210. The van der Waals surface area contributed by atoms with Crippen LogP contribution in [0, 0.1) is 11.6 Å². The van der Waals surface area contributed by atoms with Crippen molar-refractivity contribution in [1.29, 1.82) is 0 Å². The highest BCUT2D eigenvalue weighted by atomic mass is 32.2. The molecular weight excluding hydrogens is 460 g/mol. The van der Waals surface area contributed by atoms with E-state index in [4.69, 9.17) is 0 Å². The highest BCUT2D eigenvalue weighted by Gasteiger charge is 2.23. The van der Waals surface area contributed by atoms with Crippen molar-refractivity contribution in [3.8, 4) is 0 Å². The number of rotatable bonds is 8. The molecule has 0 aliphatic rings. The normalized spacial score (nSPS) is 12.1. The first-order valence-corrected chi connectivity index (χ1v) is 11.7. The van der Waals surface area contributed by atoms with Gasteiger partial charge in [0.1, 0.15) is 10.3 Å². The van der Waals surface area contributed by atoms with E-state index in [2.05, 4.69) is 15.4 Å². The Labute approximate surface area is 187 Å². The van der Waals surface area contributed by atoms with E-state index < -0.39 is 39.5 Å². The average Bonchev–Trinajstić information content (AvgIpc) is 3.31. The van der Waals surface area contributed by atoms with E-state index in [-0.39, 0.29) is 16.2 Å². The van der Waals surface area contributed by atoms with Crippen LogP contribution in [0.15, 0.2) is 64.2 Å². The van der Waals surface area contributed by atoms with Crippen molar-refractivity contribution in [1.82, 2.24) is 10.6 Å². The summed E-state index contributed by atoms with van der Waals surface area (Å²) in [5.74, 6) is -3.32. The summed E-state index contributed by atoms with van der Waals surface area (Å²) >= 11 is 1.09. The van der Waals surface area contributed by atoms with Gasteiger partial charge in [-0.3, -0.25) is 14.3 Å². The van der Waals surface area contributed by atoms with Crippen molar-refractivity contribution in [3.05, 3.63) is 82.7 Å². The second-order valence-electron chi connectivity index (χ2n) is 6.70. The van der Waals surface area contributed by atoms with Crippen molar-refractivity contribution in [2.45, 2.75) is 16.7 Å². The summed E-state index contributed by atoms with van der Waals surface area (Å²) in [6.07, 6.45) is -0.116. The van der Waals surface area contributed by atoms with Crippen LogP contribution in [0.3, 0.4) is 0 Å². The Morgan fingerprint density at radius 1 is 1.03 bits per heavy atom. The molecule has 1 atom stereocenters. The molecule has 1 heterocycles. The van der Waals surface area contributed by atoms with E-state index in [1.54, 1.807) is 23.6 Å². The molecule has 2 aromatic carbocycles. The number of amides is 2. The highest BCUT2D eigenvalue weighted by Crippen LogP contribution is 2.21. The third-order valence-electron chi connectivity index (χ3n) is 4.42. The Morgan fingerprint density at radius 2 is 1.75 bits per heavy atom. The summed E-state index contributed by atoms with van der Waals surface area (Å²) < 4.78 is 53.9. The molecule has 3 rings (SSSR count). The van der Waals surface area contributed by atoms with Gasteiger partial charge in [0, 0.05) is 12.7 Å². The molecule has 32 heavy (non-hydrogen) atoms. The van der Waals surface area contributed by atoms with Crippen LogP contribution in [0.25, 0.3) is 0 Å². The SMILES string of the molecule is CNC(=O)C(NC(=O)Cc1ccc(NS(=O)(=O)c2cccs2)cc1)c1ccc(F)c(F)c1. The maximum absolute atomic E-state index is 13.6. The smallest absolute Gasteiger partial charge is 0.271 e. The second kappa shape index (κ2) is 9.88. The van der Waals surface area contributed by atoms with Gasteiger partial charge in [-0.1, -0.05) is 24.3 Å². The van der Waals surface area contributed by atoms with E-state index in [1.165, 1.54) is 31.3 Å². The molecule has 0 aliphatic carbocycles. The lowest BCUT2D eigenvalue weighted by Crippen LogP contribution is -2.39. The fraction of sp³-hybridized carbons (Fsp3) is 0.143. The summed E-state index contributed by atoms with van der Waals surface area (Å²) in [4.78, 5) is 24.6. The van der Waals surface area contributed by atoms with Gasteiger partial charge >= 0.3 is 0 Å². The maximum Gasteiger partial charge on any atom is 0.271 e. The van der Waals surface area contributed by atoms with Crippen LogP contribution in [-0.2, 0) is 26.0 Å². The number of anilines is 1. The predicted octanol–water partition coefficient (Wildman–Crippen LogP) is 2.97. The third kappa shape index (κ3) is 5.68. The Hall–Kier alpha value is -3.31. The lowest BCUT2D eigenvalue weighted by molar-refractivity contribution is -0.128. The molecule has 2 amide bonds. The van der Waals surface area contributed by atoms with Gasteiger partial charge in [0.2, 0.25) is 11.8 Å². The molecular formula is C21H19F2N3O4S2. The monoisotopic (exact) mass is 479 g/mol. The first kappa shape index (κ1) is 23.4. The van der Waals surface area contributed by atoms with E-state index >= 15 is 0 Å². The van der Waals surface area contributed by atoms with Crippen LogP contribution in [0.1, 0.15) is 17.2 Å². The number of nitrogens with one attached hydrogen (secondary N) is 3. The zero-order valence-corrected chi connectivity index (χ0v) is 18.4. The fourth-order valence-corrected chi connectivity index (χ4v) is 4.90. The summed E-state index contributed by atoms with van der Waals surface area (Å²) in [5.41, 5.74) is 0.977. The molecule has 1 aromatic heterocycles. The van der Waals surface area contributed by atoms with Crippen LogP contribution in [0.5, 0.6) is 0 Å². The van der Waals surface area contributed by atoms with E-state index in [0.717, 1.165) is 23.5 Å². The minimum Gasteiger partial charge on any atom is -0.357 e. The lowest BCUT2D eigenvalue weighted by Gasteiger charge is -2.18. The Balaban J connectivity index is 1.67. The van der Waals surface area contributed by atoms with Crippen molar-refractivity contribution in [2.75, 3.05) is 11.8 Å². The largest absolute Gasteiger partial charge is 0.357 e. The molecule has 0 radical (unpaired) electrons. The molecule has 0 bridgehead atoms. The standard InChI is InChI=1S/C21H19F2N3O4S2/c1-24-21(28)20(14-6-9-16(22)17(23)12-14)25-18(27)11-13-4-7-15(8-5-13)26-32(29,30)19-3-2-10-31-19/h2-10,12,20,26H,11H2,1H3,(H,24,28)(H,25,27). The summed E-state index contributed by atoms with van der Waals surface area (Å²) in [6.45, 7) is 0. The molecule has 0 spiro atoms. The summed E-state index contributed by atoms with van der Waals surface area (Å²) in [7, 11) is -2.33. The summed E-state index contributed by atoms with van der Waals surface area (Å²) in [5, 5.41) is 6.53. The van der Waals surface area contributed by atoms with E-state index in [0.29, 0.717) is 11.3 Å². The van der Waals surface area contributed by atoms with Gasteiger partial charge in [-0.25, -0.2) is 17.2 Å². The van der Waals surface area contributed by atoms with Crippen LogP contribution in [0.4, 0.5) is 14.5 Å². The van der Waals surface area contributed by atoms with Gasteiger partial charge in [0.15, 0.2) is 11.6 Å². The number of benzene rings is 2. The van der Waals surface area contributed by atoms with E-state index in [1.807, 2.05) is 0 Å². The topological polar surface area (TPSA) is 104 Å². The van der Waals surface area contributed by atoms with Gasteiger partial charge < -0.3 is 10.6 Å². The fourth-order valence-electron chi connectivity index (χ4n) is 2.85. The summed E-state index contributed by atoms with van der Waals surface area (Å²) in [6, 6.07) is 11.0. The van der Waals surface area contributed by atoms with Crippen molar-refractivity contribution >= 4 is 38.9 Å². The van der Waals surface area contributed by atoms with E-state index in [9.17, 15) is 26.8 Å². The molecule has 3 aromatic rings. The number of likely N-dealkylation sites (N-methyl/N-ethyl adjacent to an activating group) is 1. The average molecular weight is 480 g/mol. The number of thiophene rings is 1. The molecule has 0 aliphatic heterocycles. The van der Waals surface area contributed by atoms with Gasteiger partial charge in [-0.15, -0.1) is 11.3 Å². The Kier molecular flexibility index (Phi) is 7.21. The van der Waals surface area contributed by atoms with Gasteiger partial charge in [-0.2, -0.15) is 0 Å². The van der Waals surface area contributed by atoms with Gasteiger partial charge in [0.25, 0.3) is 10.0 Å². The molecule has 0 fully saturated rings. The molecule has 11 heteroatoms. The van der Waals surface area contributed by atoms with Crippen LogP contribution in [0.2, 0.25) is 0 Å². The minimum atomic E-state index is -3.68. The molecule has 7 nitrogen and oxygen atoms in total. The third-order valence-corrected chi connectivity index (χ3v) is 7.20. The van der Waals surface area contributed by atoms with Gasteiger partial charge in [-0.05, 0) is 46.8 Å². The van der Waals surface area contributed by atoms with Crippen molar-refractivity contribution in [3.63, 3.8) is 0 Å². The maximum atomic E-state index is 13.6. The van der Waals surface area contributed by atoms with Gasteiger partial charge in [0.05, 0.1) is 6.42 Å². The van der Waals surface area contributed by atoms with Crippen LogP contribution >= 0.6 is 11.3 Å². The predicted molar refractivity (Wildman–Crippen MR) is 117 cm³/mol. The number of halogens is 2. The molecule has 0 saturated heterocycles. The molecule has 0 saturated carbocycles. The first-order chi connectivity index (χ1) is 15.2. The van der Waals surface area contributed by atoms with Crippen LogP contribution in [-0.4, -0.2) is 27.3 Å².